The number of nitrogens with zero attached hydrogens (tertiary/aromatic N) is 5. The summed E-state index contributed by atoms with van der Waals surface area (Å²) in [6.07, 6.45) is -7.05. The van der Waals surface area contributed by atoms with Gasteiger partial charge in [-0.25, -0.2) is 4.68 Å². The molecular weight excluding hydrogens is 530 g/mol. The molecular formula is C25H32F6N6O2. The number of aromatic nitrogens is 4. The fourth-order valence-corrected chi connectivity index (χ4v) is 5.95. The molecule has 8 nitrogen and oxygen atoms in total. The quantitative estimate of drug-likeness (QED) is 0.516. The van der Waals surface area contributed by atoms with Crippen molar-refractivity contribution in [2.75, 3.05) is 13.1 Å². The Balaban J connectivity index is 1.46. The van der Waals surface area contributed by atoms with Gasteiger partial charge in [-0.15, -0.1) is 5.10 Å². The number of hydrogen-bond donors (Lipinski definition) is 2. The zero-order valence-corrected chi connectivity index (χ0v) is 21.9. The van der Waals surface area contributed by atoms with E-state index in [9.17, 15) is 36.2 Å². The Labute approximate surface area is 221 Å². The third kappa shape index (κ3) is 6.06. The summed E-state index contributed by atoms with van der Waals surface area (Å²) >= 11 is 0. The number of rotatable bonds is 6. The SMILES string of the molecule is Cn1nnnc1C1CCN([C@@H]2CC[C@@](C(=O)NCc3cc(C(F)(F)F)cc(C(F)(F)F)c3)(C(C)(C)O)C2)CC1. The smallest absolute Gasteiger partial charge is 0.389 e. The first-order valence-corrected chi connectivity index (χ1v) is 12.8. The van der Waals surface area contributed by atoms with Crippen LogP contribution < -0.4 is 5.32 Å². The van der Waals surface area contributed by atoms with E-state index >= 15 is 0 Å². The molecule has 1 aliphatic heterocycles. The van der Waals surface area contributed by atoms with Gasteiger partial charge in [-0.2, -0.15) is 26.3 Å². The maximum atomic E-state index is 13.5. The summed E-state index contributed by atoms with van der Waals surface area (Å²) in [5, 5.41) is 25.3. The number of alkyl halides is 6. The van der Waals surface area contributed by atoms with Crippen LogP contribution in [0.5, 0.6) is 0 Å². The molecule has 0 bridgehead atoms. The number of piperidine rings is 1. The molecule has 2 atom stereocenters. The lowest BCUT2D eigenvalue weighted by molar-refractivity contribution is -0.147. The highest BCUT2D eigenvalue weighted by Crippen LogP contribution is 2.49. The van der Waals surface area contributed by atoms with Crippen LogP contribution in [-0.2, 0) is 30.7 Å². The van der Waals surface area contributed by atoms with Crippen LogP contribution in [-0.4, -0.2) is 60.9 Å². The molecule has 2 aromatic rings. The zero-order chi connectivity index (χ0) is 28.8. The Hall–Kier alpha value is -2.74. The number of likely N-dealkylation sites (tertiary alicyclic amines) is 1. The third-order valence-corrected chi connectivity index (χ3v) is 8.26. The molecule has 216 valence electrons. The molecule has 1 amide bonds. The van der Waals surface area contributed by atoms with Crippen molar-refractivity contribution in [1.82, 2.24) is 30.4 Å². The molecule has 0 radical (unpaired) electrons. The fourth-order valence-electron chi connectivity index (χ4n) is 5.95. The van der Waals surface area contributed by atoms with E-state index in [1.54, 1.807) is 11.7 Å². The second-order valence-electron chi connectivity index (χ2n) is 11.1. The van der Waals surface area contributed by atoms with Gasteiger partial charge in [-0.3, -0.25) is 4.79 Å². The highest BCUT2D eigenvalue weighted by Gasteiger charge is 2.55. The number of carbonyl (C=O) groups excluding carboxylic acids is 1. The Kier molecular flexibility index (Phi) is 7.76. The van der Waals surface area contributed by atoms with Crippen LogP contribution in [0.2, 0.25) is 0 Å². The average molecular weight is 563 g/mol. The first-order chi connectivity index (χ1) is 18.0. The predicted octanol–water partition coefficient (Wildman–Crippen LogP) is 4.05. The first-order valence-electron chi connectivity index (χ1n) is 12.8. The van der Waals surface area contributed by atoms with Gasteiger partial charge in [0.2, 0.25) is 5.91 Å². The summed E-state index contributed by atoms with van der Waals surface area (Å²) in [6, 6.07) is 1.24. The zero-order valence-electron chi connectivity index (χ0n) is 21.9. The molecule has 2 fully saturated rings. The lowest BCUT2D eigenvalue weighted by Gasteiger charge is -2.41. The molecule has 1 aliphatic carbocycles. The molecule has 1 saturated carbocycles. The van der Waals surface area contributed by atoms with Gasteiger partial charge in [0.25, 0.3) is 0 Å². The van der Waals surface area contributed by atoms with E-state index < -0.39 is 46.9 Å². The van der Waals surface area contributed by atoms with Gasteiger partial charge in [-0.1, -0.05) is 0 Å². The van der Waals surface area contributed by atoms with E-state index in [0.717, 1.165) is 31.8 Å². The molecule has 2 aliphatic rings. The third-order valence-electron chi connectivity index (χ3n) is 8.26. The highest BCUT2D eigenvalue weighted by molar-refractivity contribution is 5.84. The van der Waals surface area contributed by atoms with Crippen LogP contribution in [0.15, 0.2) is 18.2 Å². The van der Waals surface area contributed by atoms with Gasteiger partial charge < -0.3 is 15.3 Å². The minimum atomic E-state index is -4.98. The molecule has 2 heterocycles. The van der Waals surface area contributed by atoms with E-state index in [1.807, 2.05) is 0 Å². The fraction of sp³-hybridized carbons (Fsp3) is 0.680. The van der Waals surface area contributed by atoms with Crippen LogP contribution in [0.3, 0.4) is 0 Å². The molecule has 2 N–H and O–H groups in total. The molecule has 1 saturated heterocycles. The molecule has 14 heteroatoms. The van der Waals surface area contributed by atoms with Gasteiger partial charge in [0.05, 0.1) is 22.1 Å². The van der Waals surface area contributed by atoms with Crippen molar-refractivity contribution >= 4 is 5.91 Å². The van der Waals surface area contributed by atoms with Crippen LogP contribution in [0, 0.1) is 5.41 Å². The van der Waals surface area contributed by atoms with Crippen molar-refractivity contribution < 1.29 is 36.2 Å². The Morgan fingerprint density at radius 2 is 1.64 bits per heavy atom. The molecule has 39 heavy (non-hydrogen) atoms. The van der Waals surface area contributed by atoms with Gasteiger partial charge >= 0.3 is 12.4 Å². The molecule has 0 unspecified atom stereocenters. The van der Waals surface area contributed by atoms with Gasteiger partial charge in [0.1, 0.15) is 0 Å². The van der Waals surface area contributed by atoms with Gasteiger partial charge in [0.15, 0.2) is 5.82 Å². The Bertz CT molecular complexity index is 1150. The minimum Gasteiger partial charge on any atom is -0.389 e. The summed E-state index contributed by atoms with van der Waals surface area (Å²) in [7, 11) is 1.79. The first kappa shape index (κ1) is 29.2. The largest absolute Gasteiger partial charge is 0.416 e. The number of carbonyl (C=O) groups is 1. The van der Waals surface area contributed by atoms with Crippen molar-refractivity contribution in [3.8, 4) is 0 Å². The van der Waals surface area contributed by atoms with E-state index in [2.05, 4.69) is 25.7 Å². The number of hydrogen-bond acceptors (Lipinski definition) is 6. The topological polar surface area (TPSA) is 96.2 Å². The molecule has 1 aromatic carbocycles. The van der Waals surface area contributed by atoms with Crippen molar-refractivity contribution in [1.29, 1.82) is 0 Å². The van der Waals surface area contributed by atoms with Crippen LogP contribution in [0.25, 0.3) is 0 Å². The summed E-state index contributed by atoms with van der Waals surface area (Å²) in [6.45, 7) is 3.97. The number of tetrazole rings is 1. The highest BCUT2D eigenvalue weighted by atomic mass is 19.4. The maximum absolute atomic E-state index is 13.5. The van der Waals surface area contributed by atoms with E-state index in [-0.39, 0.29) is 23.6 Å². The van der Waals surface area contributed by atoms with E-state index in [4.69, 9.17) is 0 Å². The monoisotopic (exact) mass is 562 g/mol. The molecule has 0 spiro atoms. The minimum absolute atomic E-state index is 0.00821. The van der Waals surface area contributed by atoms with Crippen LogP contribution >= 0.6 is 0 Å². The maximum Gasteiger partial charge on any atom is 0.416 e. The number of amides is 1. The van der Waals surface area contributed by atoms with Gasteiger partial charge in [-0.05, 0) is 93.2 Å². The van der Waals surface area contributed by atoms with Crippen LogP contribution in [0.4, 0.5) is 26.3 Å². The Morgan fingerprint density at radius 3 is 2.13 bits per heavy atom. The van der Waals surface area contributed by atoms with Crippen molar-refractivity contribution in [3.63, 3.8) is 0 Å². The standard InChI is InChI=1S/C25H32F6N6O2/c1-22(2,39)23(7-4-19(13-23)37-8-5-16(6-9-37)20-33-34-35-36(20)3)21(38)32-14-15-10-17(24(26,27)28)12-18(11-15)25(29,30)31/h10-12,16,19,39H,4-9,13-14H2,1-3H3,(H,32,38)/t19-,23-/m1/s1. The summed E-state index contributed by atoms with van der Waals surface area (Å²) in [5.74, 6) is 0.428. The lowest BCUT2D eigenvalue weighted by atomic mass is 9.71. The summed E-state index contributed by atoms with van der Waals surface area (Å²) in [4.78, 5) is 15.7. The van der Waals surface area contributed by atoms with E-state index in [0.29, 0.717) is 31.4 Å². The van der Waals surface area contributed by atoms with Crippen LogP contribution in [0.1, 0.15) is 74.4 Å². The van der Waals surface area contributed by atoms with Crippen molar-refractivity contribution in [2.45, 2.75) is 82.4 Å². The lowest BCUT2D eigenvalue weighted by Crippen LogP contribution is -2.53. The number of aliphatic hydroxyl groups is 1. The van der Waals surface area contributed by atoms with Crippen molar-refractivity contribution in [2.24, 2.45) is 12.5 Å². The second-order valence-corrected chi connectivity index (χ2v) is 11.1. The summed E-state index contributed by atoms with van der Waals surface area (Å²) in [5.41, 5.74) is -5.94. The van der Waals surface area contributed by atoms with E-state index in [1.165, 1.54) is 13.8 Å². The van der Waals surface area contributed by atoms with Crippen molar-refractivity contribution in [3.05, 3.63) is 40.7 Å². The number of aryl methyl sites for hydroxylation is 1. The second kappa shape index (κ2) is 10.3. The molecule has 1 aromatic heterocycles. The predicted molar refractivity (Wildman–Crippen MR) is 127 cm³/mol. The molecule has 4 rings (SSSR count). The van der Waals surface area contributed by atoms with Gasteiger partial charge in [0, 0.05) is 25.6 Å². The normalized spacial score (nSPS) is 23.8. The number of halogens is 6. The summed E-state index contributed by atoms with van der Waals surface area (Å²) < 4.78 is 81.1. The number of benzene rings is 1. The average Bonchev–Trinajstić information content (AvgIpc) is 3.49. The number of nitrogens with one attached hydrogen (secondary N) is 1. The Morgan fingerprint density at radius 1 is 1.05 bits per heavy atom.